The lowest BCUT2D eigenvalue weighted by atomic mass is 10.0. The van der Waals surface area contributed by atoms with Crippen molar-refractivity contribution in [3.63, 3.8) is 0 Å². The Morgan fingerprint density at radius 3 is 3.05 bits per heavy atom. The van der Waals surface area contributed by atoms with E-state index < -0.39 is 0 Å². The summed E-state index contributed by atoms with van der Waals surface area (Å²) in [5, 5.41) is 3.45. The molecule has 0 aromatic heterocycles. The van der Waals surface area contributed by atoms with Crippen molar-refractivity contribution in [1.29, 1.82) is 0 Å². The van der Waals surface area contributed by atoms with E-state index in [2.05, 4.69) is 17.1 Å². The SMILES string of the molecule is COc1ccc(Cl)cc1NC(=O)CN1CCC[C@@H](C)C1. The number of halogens is 1. The molecular weight excluding hydrogens is 276 g/mol. The van der Waals surface area contributed by atoms with Gasteiger partial charge in [0.25, 0.3) is 0 Å². The largest absolute Gasteiger partial charge is 0.495 e. The first-order valence-corrected chi connectivity index (χ1v) is 7.32. The summed E-state index contributed by atoms with van der Waals surface area (Å²) in [6, 6.07) is 5.19. The fourth-order valence-electron chi connectivity index (χ4n) is 2.60. The molecule has 1 aliphatic rings. The molecule has 1 aromatic carbocycles. The molecule has 1 heterocycles. The monoisotopic (exact) mass is 296 g/mol. The molecule has 0 spiro atoms. The lowest BCUT2D eigenvalue weighted by Crippen LogP contribution is -2.39. The van der Waals surface area contributed by atoms with Gasteiger partial charge in [0.1, 0.15) is 5.75 Å². The fraction of sp³-hybridized carbons (Fsp3) is 0.533. The van der Waals surface area contributed by atoms with E-state index in [4.69, 9.17) is 16.3 Å². The number of anilines is 1. The van der Waals surface area contributed by atoms with E-state index in [9.17, 15) is 4.79 Å². The molecular formula is C15H21ClN2O2. The average Bonchev–Trinajstić information content (AvgIpc) is 2.38. The average molecular weight is 297 g/mol. The van der Waals surface area contributed by atoms with Gasteiger partial charge in [0.2, 0.25) is 5.91 Å². The predicted octanol–water partition coefficient (Wildman–Crippen LogP) is 3.02. The number of rotatable bonds is 4. The highest BCUT2D eigenvalue weighted by molar-refractivity contribution is 6.31. The van der Waals surface area contributed by atoms with Crippen LogP contribution in [-0.4, -0.2) is 37.6 Å². The molecule has 1 N–H and O–H groups in total. The van der Waals surface area contributed by atoms with E-state index in [-0.39, 0.29) is 5.91 Å². The summed E-state index contributed by atoms with van der Waals surface area (Å²) in [4.78, 5) is 14.3. The predicted molar refractivity (Wildman–Crippen MR) is 81.5 cm³/mol. The second-order valence-corrected chi connectivity index (χ2v) is 5.81. The van der Waals surface area contributed by atoms with Gasteiger partial charge in [-0.2, -0.15) is 0 Å². The fourth-order valence-corrected chi connectivity index (χ4v) is 2.77. The number of nitrogens with one attached hydrogen (secondary N) is 1. The molecule has 110 valence electrons. The number of ether oxygens (including phenoxy) is 1. The Labute approximate surface area is 125 Å². The molecule has 4 nitrogen and oxygen atoms in total. The van der Waals surface area contributed by atoms with Gasteiger partial charge in [-0.3, -0.25) is 9.69 Å². The Morgan fingerprint density at radius 2 is 2.35 bits per heavy atom. The van der Waals surface area contributed by atoms with E-state index in [1.165, 1.54) is 6.42 Å². The number of carbonyl (C=O) groups is 1. The van der Waals surface area contributed by atoms with Crippen LogP contribution < -0.4 is 10.1 Å². The first-order chi connectivity index (χ1) is 9.58. The molecule has 1 amide bonds. The summed E-state index contributed by atoms with van der Waals surface area (Å²) in [6.07, 6.45) is 2.41. The van der Waals surface area contributed by atoms with Crippen molar-refractivity contribution < 1.29 is 9.53 Å². The first-order valence-electron chi connectivity index (χ1n) is 6.94. The van der Waals surface area contributed by atoms with Crippen molar-refractivity contribution in [3.8, 4) is 5.75 Å². The number of piperidine rings is 1. The number of methoxy groups -OCH3 is 1. The Bertz CT molecular complexity index is 479. The van der Waals surface area contributed by atoms with Crippen molar-refractivity contribution >= 4 is 23.2 Å². The van der Waals surface area contributed by atoms with Crippen molar-refractivity contribution in [2.24, 2.45) is 5.92 Å². The minimum Gasteiger partial charge on any atom is -0.495 e. The highest BCUT2D eigenvalue weighted by Gasteiger charge is 2.19. The Hall–Kier alpha value is -1.26. The van der Waals surface area contributed by atoms with Crippen LogP contribution in [0.25, 0.3) is 0 Å². The molecule has 0 bridgehead atoms. The van der Waals surface area contributed by atoms with Crippen LogP contribution in [0.5, 0.6) is 5.75 Å². The van der Waals surface area contributed by atoms with Crippen molar-refractivity contribution in [2.75, 3.05) is 32.1 Å². The van der Waals surface area contributed by atoms with Crippen molar-refractivity contribution in [1.82, 2.24) is 4.90 Å². The Morgan fingerprint density at radius 1 is 1.55 bits per heavy atom. The lowest BCUT2D eigenvalue weighted by molar-refractivity contribution is -0.117. The van der Waals surface area contributed by atoms with Crippen LogP contribution in [0.15, 0.2) is 18.2 Å². The zero-order chi connectivity index (χ0) is 14.5. The topological polar surface area (TPSA) is 41.6 Å². The molecule has 0 aliphatic carbocycles. The van der Waals surface area contributed by atoms with Crippen LogP contribution in [0.4, 0.5) is 5.69 Å². The van der Waals surface area contributed by atoms with Crippen LogP contribution >= 0.6 is 11.6 Å². The first kappa shape index (κ1) is 15.1. The zero-order valence-electron chi connectivity index (χ0n) is 12.0. The molecule has 5 heteroatoms. The third-order valence-corrected chi connectivity index (χ3v) is 3.78. The van der Waals surface area contributed by atoms with Crippen molar-refractivity contribution in [2.45, 2.75) is 19.8 Å². The smallest absolute Gasteiger partial charge is 0.238 e. The van der Waals surface area contributed by atoms with Crippen LogP contribution in [0, 0.1) is 5.92 Å². The Balaban J connectivity index is 1.95. The van der Waals surface area contributed by atoms with Gasteiger partial charge in [0, 0.05) is 11.6 Å². The second kappa shape index (κ2) is 6.95. The molecule has 1 atom stereocenters. The molecule has 0 radical (unpaired) electrons. The minimum absolute atomic E-state index is 0.0281. The van der Waals surface area contributed by atoms with Gasteiger partial charge in [-0.25, -0.2) is 0 Å². The van der Waals surface area contributed by atoms with Gasteiger partial charge < -0.3 is 10.1 Å². The number of likely N-dealkylation sites (tertiary alicyclic amines) is 1. The van der Waals surface area contributed by atoms with Gasteiger partial charge in [-0.05, 0) is 43.5 Å². The standard InChI is InChI=1S/C15H21ClN2O2/c1-11-4-3-7-18(9-11)10-15(19)17-13-8-12(16)5-6-14(13)20-2/h5-6,8,11H,3-4,7,9-10H2,1-2H3,(H,17,19)/t11-/m1/s1. The molecule has 0 saturated carbocycles. The van der Waals surface area contributed by atoms with Crippen LogP contribution in [0.1, 0.15) is 19.8 Å². The van der Waals surface area contributed by atoms with Crippen molar-refractivity contribution in [3.05, 3.63) is 23.2 Å². The van der Waals surface area contributed by atoms with Crippen LogP contribution in [0.2, 0.25) is 5.02 Å². The summed E-state index contributed by atoms with van der Waals surface area (Å²) >= 11 is 5.95. The molecule has 1 saturated heterocycles. The lowest BCUT2D eigenvalue weighted by Gasteiger charge is -2.30. The maximum Gasteiger partial charge on any atom is 0.238 e. The van der Waals surface area contributed by atoms with Gasteiger partial charge in [0.05, 0.1) is 19.3 Å². The zero-order valence-corrected chi connectivity index (χ0v) is 12.7. The maximum absolute atomic E-state index is 12.1. The van der Waals surface area contributed by atoms with Gasteiger partial charge in [-0.1, -0.05) is 18.5 Å². The molecule has 0 unspecified atom stereocenters. The van der Waals surface area contributed by atoms with E-state index in [1.807, 2.05) is 0 Å². The summed E-state index contributed by atoms with van der Waals surface area (Å²) in [5.74, 6) is 1.26. The minimum atomic E-state index is -0.0281. The van der Waals surface area contributed by atoms with Crippen LogP contribution in [-0.2, 0) is 4.79 Å². The highest BCUT2D eigenvalue weighted by Crippen LogP contribution is 2.27. The summed E-state index contributed by atoms with van der Waals surface area (Å²) in [7, 11) is 1.57. The van der Waals surface area contributed by atoms with E-state index in [1.54, 1.807) is 25.3 Å². The third kappa shape index (κ3) is 4.12. The summed E-state index contributed by atoms with van der Waals surface area (Å²) in [6.45, 7) is 4.62. The molecule has 2 rings (SSSR count). The number of hydrogen-bond donors (Lipinski definition) is 1. The normalized spacial score (nSPS) is 19.6. The quantitative estimate of drug-likeness (QED) is 0.928. The molecule has 20 heavy (non-hydrogen) atoms. The number of amides is 1. The van der Waals surface area contributed by atoms with Gasteiger partial charge in [-0.15, -0.1) is 0 Å². The molecule has 1 aliphatic heterocycles. The van der Waals surface area contributed by atoms with Gasteiger partial charge in [0.15, 0.2) is 0 Å². The van der Waals surface area contributed by atoms with E-state index >= 15 is 0 Å². The second-order valence-electron chi connectivity index (χ2n) is 5.38. The number of carbonyl (C=O) groups excluding carboxylic acids is 1. The number of hydrogen-bond acceptors (Lipinski definition) is 3. The summed E-state index contributed by atoms with van der Waals surface area (Å²) in [5.41, 5.74) is 0.620. The van der Waals surface area contributed by atoms with Gasteiger partial charge >= 0.3 is 0 Å². The number of nitrogens with zero attached hydrogens (tertiary/aromatic N) is 1. The van der Waals surface area contributed by atoms with Crippen LogP contribution in [0.3, 0.4) is 0 Å². The van der Waals surface area contributed by atoms with E-state index in [0.29, 0.717) is 28.9 Å². The third-order valence-electron chi connectivity index (χ3n) is 3.54. The highest BCUT2D eigenvalue weighted by atomic mass is 35.5. The summed E-state index contributed by atoms with van der Waals surface area (Å²) < 4.78 is 5.22. The Kier molecular flexibility index (Phi) is 5.26. The molecule has 1 aromatic rings. The number of benzene rings is 1. The molecule has 1 fully saturated rings. The maximum atomic E-state index is 12.1. The van der Waals surface area contributed by atoms with E-state index in [0.717, 1.165) is 19.5 Å².